The van der Waals surface area contributed by atoms with Crippen LogP contribution >= 0.6 is 0 Å². The van der Waals surface area contributed by atoms with Crippen LogP contribution in [0.25, 0.3) is 0 Å². The maximum absolute atomic E-state index is 2.43. The summed E-state index contributed by atoms with van der Waals surface area (Å²) in [4.78, 5) is 2.43. The second-order valence-corrected chi connectivity index (χ2v) is 6.07. The Bertz CT molecular complexity index is 574. The lowest BCUT2D eigenvalue weighted by atomic mass is 9.67. The van der Waals surface area contributed by atoms with Crippen LogP contribution in [0.15, 0.2) is 48.5 Å². The van der Waals surface area contributed by atoms with Gasteiger partial charge in [0, 0.05) is 18.5 Å². The van der Waals surface area contributed by atoms with Crippen LogP contribution in [0, 0.1) is 0 Å². The van der Waals surface area contributed by atoms with Crippen molar-refractivity contribution in [2.75, 3.05) is 20.1 Å². The zero-order valence-corrected chi connectivity index (χ0v) is 11.4. The van der Waals surface area contributed by atoms with Gasteiger partial charge >= 0.3 is 0 Å². The predicted molar refractivity (Wildman–Crippen MR) is 78.6 cm³/mol. The highest BCUT2D eigenvalue weighted by Gasteiger charge is 2.46. The minimum Gasteiger partial charge on any atom is -0.304 e. The maximum atomic E-state index is 2.43. The van der Waals surface area contributed by atoms with Crippen molar-refractivity contribution in [3.8, 4) is 0 Å². The summed E-state index contributed by atoms with van der Waals surface area (Å²) < 4.78 is 0. The van der Waals surface area contributed by atoms with Gasteiger partial charge in [0.1, 0.15) is 0 Å². The summed E-state index contributed by atoms with van der Waals surface area (Å²) in [7, 11) is 2.22. The number of hydrogen-bond donors (Lipinski definition) is 0. The van der Waals surface area contributed by atoms with Crippen LogP contribution in [0.4, 0.5) is 0 Å². The van der Waals surface area contributed by atoms with E-state index < -0.39 is 0 Å². The number of fused-ring (bicyclic) bond motifs is 4. The number of hydrogen-bond acceptors (Lipinski definition) is 1. The number of benzene rings is 2. The average Bonchev–Trinajstić information content (AvgIpc) is 2.55. The molecule has 1 spiro atoms. The topological polar surface area (TPSA) is 3.24 Å². The molecule has 0 aromatic heterocycles. The van der Waals surface area contributed by atoms with Crippen LogP contribution < -0.4 is 0 Å². The second kappa shape index (κ2) is 3.94. The highest BCUT2D eigenvalue weighted by Crippen LogP contribution is 2.45. The number of likely N-dealkylation sites (tertiary alicyclic amines) is 1. The lowest BCUT2D eigenvalue weighted by molar-refractivity contribution is 0.125. The van der Waals surface area contributed by atoms with Crippen molar-refractivity contribution in [1.82, 2.24) is 4.90 Å². The molecule has 1 saturated heterocycles. The first-order chi connectivity index (χ1) is 9.29. The Hall–Kier alpha value is -1.60. The van der Waals surface area contributed by atoms with Crippen molar-refractivity contribution < 1.29 is 0 Å². The fraction of sp³-hybridized carbons (Fsp3) is 0.333. The Labute approximate surface area is 114 Å². The zero-order chi connectivity index (χ0) is 12.9. The molecule has 0 N–H and O–H groups in total. The van der Waals surface area contributed by atoms with Crippen LogP contribution in [0.1, 0.15) is 22.3 Å². The van der Waals surface area contributed by atoms with Gasteiger partial charge < -0.3 is 4.90 Å². The first-order valence-electron chi connectivity index (χ1n) is 7.15. The van der Waals surface area contributed by atoms with Gasteiger partial charge in [0.05, 0.1) is 0 Å². The van der Waals surface area contributed by atoms with E-state index in [2.05, 4.69) is 60.5 Å². The van der Waals surface area contributed by atoms with E-state index in [9.17, 15) is 0 Å². The van der Waals surface area contributed by atoms with Gasteiger partial charge in [-0.1, -0.05) is 48.5 Å². The van der Waals surface area contributed by atoms with Crippen LogP contribution in [0.2, 0.25) is 0 Å². The third-order valence-corrected chi connectivity index (χ3v) is 4.81. The van der Waals surface area contributed by atoms with Gasteiger partial charge in [-0.25, -0.2) is 0 Å². The minimum atomic E-state index is 0.248. The van der Waals surface area contributed by atoms with Gasteiger partial charge in [0.25, 0.3) is 0 Å². The molecule has 2 aromatic carbocycles. The molecular formula is C18H19N. The highest BCUT2D eigenvalue weighted by atomic mass is 15.2. The van der Waals surface area contributed by atoms with E-state index in [0.717, 1.165) is 13.1 Å². The summed E-state index contributed by atoms with van der Waals surface area (Å²) in [6.07, 6.45) is 2.36. The van der Waals surface area contributed by atoms with E-state index in [-0.39, 0.29) is 5.41 Å². The van der Waals surface area contributed by atoms with Gasteiger partial charge in [-0.05, 0) is 42.1 Å². The number of rotatable bonds is 0. The van der Waals surface area contributed by atoms with Gasteiger partial charge in [-0.2, -0.15) is 0 Å². The van der Waals surface area contributed by atoms with Crippen LogP contribution in [-0.2, 0) is 18.3 Å². The van der Waals surface area contributed by atoms with Crippen LogP contribution in [-0.4, -0.2) is 25.0 Å². The molecule has 1 nitrogen and oxygen atoms in total. The molecular weight excluding hydrogens is 230 g/mol. The molecule has 2 aromatic rings. The summed E-state index contributed by atoms with van der Waals surface area (Å²) in [5.41, 5.74) is 6.48. The molecule has 1 heteroatoms. The molecule has 1 heterocycles. The van der Waals surface area contributed by atoms with E-state index in [1.807, 2.05) is 0 Å². The molecule has 0 radical (unpaired) electrons. The van der Waals surface area contributed by atoms with Crippen molar-refractivity contribution >= 4 is 0 Å². The standard InChI is InChI=1S/C18H19N/c1-19-12-18(13-19)16-8-4-2-6-14(16)10-11-15-7-3-5-9-17(15)18/h2-9H,10-13H2,1H3. The molecule has 2 aliphatic rings. The van der Waals surface area contributed by atoms with E-state index in [0.29, 0.717) is 0 Å². The normalized spacial score (nSPS) is 20.3. The first-order valence-corrected chi connectivity index (χ1v) is 7.15. The number of likely N-dealkylation sites (N-methyl/N-ethyl adjacent to an activating group) is 1. The fourth-order valence-electron chi connectivity index (χ4n) is 4.04. The monoisotopic (exact) mass is 249 g/mol. The molecule has 96 valence electrons. The molecule has 4 rings (SSSR count). The lowest BCUT2D eigenvalue weighted by Crippen LogP contribution is -2.58. The molecule has 1 aliphatic heterocycles. The largest absolute Gasteiger partial charge is 0.304 e. The maximum Gasteiger partial charge on any atom is 0.0461 e. The number of aryl methyl sites for hydroxylation is 2. The average molecular weight is 249 g/mol. The molecule has 0 unspecified atom stereocenters. The second-order valence-electron chi connectivity index (χ2n) is 6.07. The Kier molecular flexibility index (Phi) is 2.33. The highest BCUT2D eigenvalue weighted by molar-refractivity contribution is 5.52. The smallest absolute Gasteiger partial charge is 0.0461 e. The van der Waals surface area contributed by atoms with E-state index in [1.54, 1.807) is 22.3 Å². The predicted octanol–water partition coefficient (Wildman–Crippen LogP) is 3.02. The molecule has 19 heavy (non-hydrogen) atoms. The van der Waals surface area contributed by atoms with Gasteiger partial charge in [-0.3, -0.25) is 0 Å². The molecule has 0 saturated carbocycles. The summed E-state index contributed by atoms with van der Waals surface area (Å²) >= 11 is 0. The Balaban J connectivity index is 1.97. The van der Waals surface area contributed by atoms with Crippen molar-refractivity contribution in [3.05, 3.63) is 70.8 Å². The van der Waals surface area contributed by atoms with E-state index in [4.69, 9.17) is 0 Å². The summed E-state index contributed by atoms with van der Waals surface area (Å²) in [5, 5.41) is 0. The van der Waals surface area contributed by atoms with E-state index >= 15 is 0 Å². The summed E-state index contributed by atoms with van der Waals surface area (Å²) in [6, 6.07) is 18.1. The van der Waals surface area contributed by atoms with Crippen LogP contribution in [0.5, 0.6) is 0 Å². The third-order valence-electron chi connectivity index (χ3n) is 4.81. The van der Waals surface area contributed by atoms with Gasteiger partial charge in [-0.15, -0.1) is 0 Å². The molecule has 1 fully saturated rings. The SMILES string of the molecule is CN1CC2(C1)c1ccccc1CCc1ccccc12. The van der Waals surface area contributed by atoms with Crippen molar-refractivity contribution in [2.24, 2.45) is 0 Å². The fourth-order valence-corrected chi connectivity index (χ4v) is 4.04. The number of nitrogens with zero attached hydrogens (tertiary/aromatic N) is 1. The van der Waals surface area contributed by atoms with E-state index in [1.165, 1.54) is 12.8 Å². The summed E-state index contributed by atoms with van der Waals surface area (Å²) in [6.45, 7) is 2.31. The quantitative estimate of drug-likeness (QED) is 0.693. The van der Waals surface area contributed by atoms with Crippen molar-refractivity contribution in [3.63, 3.8) is 0 Å². The molecule has 1 aliphatic carbocycles. The Morgan fingerprint density at radius 1 is 0.789 bits per heavy atom. The molecule has 0 bridgehead atoms. The summed E-state index contributed by atoms with van der Waals surface area (Å²) in [5.74, 6) is 0. The third kappa shape index (κ3) is 1.51. The lowest BCUT2D eigenvalue weighted by Gasteiger charge is -2.50. The Morgan fingerprint density at radius 3 is 1.74 bits per heavy atom. The van der Waals surface area contributed by atoms with Crippen LogP contribution in [0.3, 0.4) is 0 Å². The first kappa shape index (κ1) is 11.2. The Morgan fingerprint density at radius 2 is 1.26 bits per heavy atom. The molecule has 0 amide bonds. The van der Waals surface area contributed by atoms with Gasteiger partial charge in [0.2, 0.25) is 0 Å². The minimum absolute atomic E-state index is 0.248. The van der Waals surface area contributed by atoms with Crippen molar-refractivity contribution in [2.45, 2.75) is 18.3 Å². The van der Waals surface area contributed by atoms with Crippen molar-refractivity contribution in [1.29, 1.82) is 0 Å². The zero-order valence-electron chi connectivity index (χ0n) is 11.4. The molecule has 0 atom stereocenters. The van der Waals surface area contributed by atoms with Gasteiger partial charge in [0.15, 0.2) is 0 Å².